The topological polar surface area (TPSA) is 41.1 Å². The fourth-order valence-corrected chi connectivity index (χ4v) is 3.74. The predicted octanol–water partition coefficient (Wildman–Crippen LogP) is 4.08. The summed E-state index contributed by atoms with van der Waals surface area (Å²) in [7, 11) is 0. The van der Waals surface area contributed by atoms with E-state index in [2.05, 4.69) is 61.3 Å². The fourth-order valence-electron chi connectivity index (χ4n) is 3.74. The molecule has 1 aliphatic carbocycles. The van der Waals surface area contributed by atoms with Crippen LogP contribution < -0.4 is 10.2 Å². The van der Waals surface area contributed by atoms with Gasteiger partial charge in [0.25, 0.3) is 0 Å². The number of benzene rings is 1. The molecule has 1 N–H and O–H groups in total. The summed E-state index contributed by atoms with van der Waals surface area (Å²) in [5, 5.41) is 3.30. The zero-order valence-electron chi connectivity index (χ0n) is 14.8. The Morgan fingerprint density at radius 3 is 2.75 bits per heavy atom. The van der Waals surface area contributed by atoms with Gasteiger partial charge in [-0.1, -0.05) is 38.1 Å². The van der Waals surface area contributed by atoms with Gasteiger partial charge in [0.05, 0.1) is 5.69 Å². The second-order valence-electron chi connectivity index (χ2n) is 7.68. The van der Waals surface area contributed by atoms with Gasteiger partial charge in [0, 0.05) is 37.0 Å². The smallest absolute Gasteiger partial charge is 0.224 e. The molecule has 0 unspecified atom stereocenters. The minimum atomic E-state index is 0.123. The molecule has 0 saturated heterocycles. The molecule has 0 radical (unpaired) electrons. The van der Waals surface area contributed by atoms with E-state index in [9.17, 15) is 0 Å². The van der Waals surface area contributed by atoms with Crippen molar-refractivity contribution in [3.63, 3.8) is 0 Å². The lowest BCUT2D eigenvalue weighted by Gasteiger charge is -2.40. The van der Waals surface area contributed by atoms with Crippen LogP contribution in [0.1, 0.15) is 56.4 Å². The van der Waals surface area contributed by atoms with E-state index >= 15 is 0 Å². The third-order valence-corrected chi connectivity index (χ3v) is 5.08. The van der Waals surface area contributed by atoms with Crippen LogP contribution in [0.3, 0.4) is 0 Å². The molecule has 0 atom stereocenters. The Hall–Kier alpha value is -2.10. The lowest BCUT2D eigenvalue weighted by molar-refractivity contribution is 0.474. The molecule has 0 spiro atoms. The van der Waals surface area contributed by atoms with Gasteiger partial charge in [0.15, 0.2) is 0 Å². The highest BCUT2D eigenvalue weighted by Gasteiger charge is 2.33. The van der Waals surface area contributed by atoms with Crippen molar-refractivity contribution in [1.82, 2.24) is 9.97 Å². The molecular weight excluding hydrogens is 296 g/mol. The van der Waals surface area contributed by atoms with Crippen LogP contribution in [0, 0.1) is 0 Å². The number of nitrogens with one attached hydrogen (secondary N) is 1. The first-order chi connectivity index (χ1) is 11.6. The van der Waals surface area contributed by atoms with Crippen LogP contribution in [-0.4, -0.2) is 23.1 Å². The van der Waals surface area contributed by atoms with Gasteiger partial charge < -0.3 is 10.2 Å². The first-order valence-electron chi connectivity index (χ1n) is 9.03. The number of hydrogen-bond donors (Lipinski definition) is 1. The number of nitrogens with zero attached hydrogens (tertiary/aromatic N) is 3. The van der Waals surface area contributed by atoms with Gasteiger partial charge in [-0.25, -0.2) is 4.98 Å². The summed E-state index contributed by atoms with van der Waals surface area (Å²) >= 11 is 0. The van der Waals surface area contributed by atoms with E-state index in [1.165, 1.54) is 29.7 Å². The van der Waals surface area contributed by atoms with E-state index in [-0.39, 0.29) is 5.41 Å². The molecule has 4 nitrogen and oxygen atoms in total. The Bertz CT molecular complexity index is 749. The highest BCUT2D eigenvalue weighted by Crippen LogP contribution is 2.41. The standard InChI is InChI=1S/C20H26N4/c1-4-21-19-22-17(14-9-10-14)11-18(23-19)24-12-15-7-5-6-8-16(15)20(2,3)13-24/h5-8,11,14H,4,9-10,12-13H2,1-3H3,(H,21,22,23). The number of rotatable bonds is 4. The lowest BCUT2D eigenvalue weighted by Crippen LogP contribution is -2.42. The van der Waals surface area contributed by atoms with E-state index < -0.39 is 0 Å². The maximum absolute atomic E-state index is 4.80. The first-order valence-corrected chi connectivity index (χ1v) is 9.03. The van der Waals surface area contributed by atoms with Crippen molar-refractivity contribution < 1.29 is 0 Å². The quantitative estimate of drug-likeness (QED) is 0.921. The largest absolute Gasteiger partial charge is 0.354 e. The van der Waals surface area contributed by atoms with Crippen LogP contribution in [0.2, 0.25) is 0 Å². The minimum Gasteiger partial charge on any atom is -0.354 e. The lowest BCUT2D eigenvalue weighted by atomic mass is 9.78. The van der Waals surface area contributed by atoms with Crippen molar-refractivity contribution in [2.75, 3.05) is 23.3 Å². The molecule has 24 heavy (non-hydrogen) atoms. The molecule has 2 aliphatic rings. The van der Waals surface area contributed by atoms with Crippen molar-refractivity contribution in [3.8, 4) is 0 Å². The van der Waals surface area contributed by atoms with Gasteiger partial charge in [-0.3, -0.25) is 0 Å². The molecule has 2 heterocycles. The monoisotopic (exact) mass is 322 g/mol. The van der Waals surface area contributed by atoms with Crippen LogP contribution in [0.4, 0.5) is 11.8 Å². The molecule has 1 saturated carbocycles. The Kier molecular flexibility index (Phi) is 3.70. The average molecular weight is 322 g/mol. The molecule has 1 aromatic carbocycles. The average Bonchev–Trinajstić information content (AvgIpc) is 3.39. The summed E-state index contributed by atoms with van der Waals surface area (Å²) in [5.74, 6) is 2.47. The van der Waals surface area contributed by atoms with Crippen molar-refractivity contribution in [2.24, 2.45) is 0 Å². The summed E-state index contributed by atoms with van der Waals surface area (Å²) in [6.45, 7) is 9.50. The van der Waals surface area contributed by atoms with Crippen molar-refractivity contribution in [3.05, 3.63) is 47.2 Å². The minimum absolute atomic E-state index is 0.123. The Labute approximate surface area is 144 Å². The fraction of sp³-hybridized carbons (Fsp3) is 0.500. The number of fused-ring (bicyclic) bond motifs is 1. The van der Waals surface area contributed by atoms with Crippen molar-refractivity contribution in [1.29, 1.82) is 0 Å². The third kappa shape index (κ3) is 2.85. The predicted molar refractivity (Wildman–Crippen MR) is 98.7 cm³/mol. The first kappa shape index (κ1) is 15.4. The van der Waals surface area contributed by atoms with Crippen LogP contribution in [0.15, 0.2) is 30.3 Å². The molecule has 0 bridgehead atoms. The molecule has 1 aromatic heterocycles. The van der Waals surface area contributed by atoms with Crippen LogP contribution in [0.5, 0.6) is 0 Å². The van der Waals surface area contributed by atoms with E-state index in [0.29, 0.717) is 5.92 Å². The van der Waals surface area contributed by atoms with Gasteiger partial charge in [-0.05, 0) is 30.9 Å². The molecule has 2 aromatic rings. The summed E-state index contributed by atoms with van der Waals surface area (Å²) in [6, 6.07) is 11.0. The van der Waals surface area contributed by atoms with Gasteiger partial charge in [0.2, 0.25) is 5.95 Å². The Balaban J connectivity index is 1.71. The molecule has 1 fully saturated rings. The summed E-state index contributed by atoms with van der Waals surface area (Å²) < 4.78 is 0. The number of anilines is 2. The van der Waals surface area contributed by atoms with E-state index in [1.807, 2.05) is 0 Å². The summed E-state index contributed by atoms with van der Waals surface area (Å²) in [6.07, 6.45) is 2.52. The van der Waals surface area contributed by atoms with Crippen molar-refractivity contribution in [2.45, 2.75) is 51.5 Å². The van der Waals surface area contributed by atoms with Gasteiger partial charge in [-0.15, -0.1) is 0 Å². The van der Waals surface area contributed by atoms with E-state index in [1.54, 1.807) is 0 Å². The van der Waals surface area contributed by atoms with Crippen molar-refractivity contribution >= 4 is 11.8 Å². The van der Waals surface area contributed by atoms with Gasteiger partial charge >= 0.3 is 0 Å². The second-order valence-corrected chi connectivity index (χ2v) is 7.68. The Morgan fingerprint density at radius 2 is 2.00 bits per heavy atom. The normalized spacial score (nSPS) is 19.0. The molecule has 4 heteroatoms. The number of hydrogen-bond acceptors (Lipinski definition) is 4. The van der Waals surface area contributed by atoms with E-state index in [4.69, 9.17) is 9.97 Å². The van der Waals surface area contributed by atoms with Gasteiger partial charge in [0.1, 0.15) is 5.82 Å². The summed E-state index contributed by atoms with van der Waals surface area (Å²) in [5.41, 5.74) is 4.19. The highest BCUT2D eigenvalue weighted by molar-refractivity contribution is 5.51. The highest BCUT2D eigenvalue weighted by atomic mass is 15.2. The maximum atomic E-state index is 4.80. The molecule has 4 rings (SSSR count). The van der Waals surface area contributed by atoms with Gasteiger partial charge in [-0.2, -0.15) is 4.98 Å². The second kappa shape index (κ2) is 5.76. The van der Waals surface area contributed by atoms with Crippen LogP contribution in [-0.2, 0) is 12.0 Å². The maximum Gasteiger partial charge on any atom is 0.224 e. The van der Waals surface area contributed by atoms with Crippen LogP contribution >= 0.6 is 0 Å². The zero-order valence-corrected chi connectivity index (χ0v) is 14.8. The molecule has 1 aliphatic heterocycles. The molecular formula is C20H26N4. The van der Waals surface area contributed by atoms with E-state index in [0.717, 1.165) is 31.4 Å². The SMILES string of the molecule is CCNc1nc(C2CC2)cc(N2Cc3ccccc3C(C)(C)C2)n1. The zero-order chi connectivity index (χ0) is 16.7. The molecule has 126 valence electrons. The molecule has 0 amide bonds. The number of aromatic nitrogens is 2. The summed E-state index contributed by atoms with van der Waals surface area (Å²) in [4.78, 5) is 11.9. The third-order valence-electron chi connectivity index (χ3n) is 5.08. The Morgan fingerprint density at radius 1 is 1.21 bits per heavy atom. The van der Waals surface area contributed by atoms with Crippen LogP contribution in [0.25, 0.3) is 0 Å².